The summed E-state index contributed by atoms with van der Waals surface area (Å²) in [5.74, 6) is -2.92. The highest BCUT2D eigenvalue weighted by atomic mass is 32.2. The smallest absolute Gasteiger partial charge is 0.309 e. The minimum absolute atomic E-state index is 0.106. The average Bonchev–Trinajstić information content (AvgIpc) is 2.75. The highest BCUT2D eigenvalue weighted by Crippen LogP contribution is 2.29. The monoisotopic (exact) mass is 434 g/mol. The highest BCUT2D eigenvalue weighted by molar-refractivity contribution is 7.99. The van der Waals surface area contributed by atoms with Gasteiger partial charge in [-0.25, -0.2) is 0 Å². The van der Waals surface area contributed by atoms with Crippen LogP contribution in [0.1, 0.15) is 30.1 Å². The Labute approximate surface area is 178 Å². The van der Waals surface area contributed by atoms with E-state index in [4.69, 9.17) is 4.74 Å². The van der Waals surface area contributed by atoms with Gasteiger partial charge in [-0.1, -0.05) is 23.9 Å². The van der Waals surface area contributed by atoms with Crippen molar-refractivity contribution in [1.82, 2.24) is 4.90 Å². The van der Waals surface area contributed by atoms with Gasteiger partial charge < -0.3 is 15.0 Å². The van der Waals surface area contributed by atoms with Gasteiger partial charge in [-0.2, -0.15) is 8.78 Å². The summed E-state index contributed by atoms with van der Waals surface area (Å²) in [6.45, 7) is 3.14. The quantitative estimate of drug-likeness (QED) is 0.482. The van der Waals surface area contributed by atoms with Gasteiger partial charge in [0.05, 0.1) is 23.8 Å². The molecule has 30 heavy (non-hydrogen) atoms. The molecule has 1 fully saturated rings. The van der Waals surface area contributed by atoms with E-state index in [0.717, 1.165) is 0 Å². The molecule has 5 nitrogen and oxygen atoms in total. The SMILES string of the molecule is CCOC(=O)C1CCN(C(=O)c2ccccc2Nc2ccc(SC(F)F)cc2)CC1. The number of nitrogens with zero attached hydrogens (tertiary/aromatic N) is 1. The third kappa shape index (κ3) is 5.72. The maximum atomic E-state index is 13.1. The van der Waals surface area contributed by atoms with Crippen molar-refractivity contribution in [3.63, 3.8) is 0 Å². The number of para-hydroxylation sites is 1. The van der Waals surface area contributed by atoms with Crippen LogP contribution >= 0.6 is 11.8 Å². The van der Waals surface area contributed by atoms with Crippen LogP contribution in [-0.2, 0) is 9.53 Å². The maximum Gasteiger partial charge on any atom is 0.309 e. The first-order chi connectivity index (χ1) is 14.5. The van der Waals surface area contributed by atoms with Crippen LogP contribution < -0.4 is 5.32 Å². The van der Waals surface area contributed by atoms with Gasteiger partial charge in [0.1, 0.15) is 0 Å². The molecular formula is C22H24F2N2O3S. The number of amides is 1. The fourth-order valence-electron chi connectivity index (χ4n) is 3.40. The number of carbonyl (C=O) groups is 2. The molecule has 1 aliphatic heterocycles. The van der Waals surface area contributed by atoms with Crippen molar-refractivity contribution in [3.8, 4) is 0 Å². The maximum absolute atomic E-state index is 13.1. The number of halogens is 2. The number of thioether (sulfide) groups is 1. The van der Waals surface area contributed by atoms with Crippen molar-refractivity contribution >= 4 is 35.0 Å². The number of hydrogen-bond donors (Lipinski definition) is 1. The van der Waals surface area contributed by atoms with E-state index in [1.54, 1.807) is 54.3 Å². The number of esters is 1. The lowest BCUT2D eigenvalue weighted by molar-refractivity contribution is -0.149. The van der Waals surface area contributed by atoms with Crippen LogP contribution in [0.5, 0.6) is 0 Å². The van der Waals surface area contributed by atoms with Crippen LogP contribution in [0.3, 0.4) is 0 Å². The van der Waals surface area contributed by atoms with Crippen molar-refractivity contribution in [2.45, 2.75) is 30.4 Å². The Bertz CT molecular complexity index is 869. The number of carbonyl (C=O) groups excluding carboxylic acids is 2. The fraction of sp³-hybridized carbons (Fsp3) is 0.364. The molecule has 0 unspecified atom stereocenters. The Hall–Kier alpha value is -2.61. The Morgan fingerprint density at radius 3 is 2.43 bits per heavy atom. The lowest BCUT2D eigenvalue weighted by Gasteiger charge is -2.31. The minimum atomic E-state index is -2.46. The van der Waals surface area contributed by atoms with Gasteiger partial charge in [-0.05, 0) is 56.2 Å². The van der Waals surface area contributed by atoms with Crippen molar-refractivity contribution in [2.75, 3.05) is 25.0 Å². The number of nitrogens with one attached hydrogen (secondary N) is 1. The summed E-state index contributed by atoms with van der Waals surface area (Å²) in [5.41, 5.74) is 1.87. The summed E-state index contributed by atoms with van der Waals surface area (Å²) in [5, 5.41) is 3.20. The van der Waals surface area contributed by atoms with E-state index in [1.165, 1.54) is 0 Å². The molecule has 0 aromatic heterocycles. The molecule has 1 aliphatic rings. The summed E-state index contributed by atoms with van der Waals surface area (Å²) >= 11 is 0.491. The molecule has 160 valence electrons. The number of likely N-dealkylation sites (tertiary alicyclic amines) is 1. The van der Waals surface area contributed by atoms with E-state index in [0.29, 0.717) is 66.1 Å². The second-order valence-corrected chi connectivity index (χ2v) is 7.96. The Morgan fingerprint density at radius 2 is 1.80 bits per heavy atom. The molecule has 0 bridgehead atoms. The van der Waals surface area contributed by atoms with Gasteiger partial charge in [-0.15, -0.1) is 0 Å². The van der Waals surface area contributed by atoms with E-state index < -0.39 is 5.76 Å². The number of rotatable bonds is 7. The number of hydrogen-bond acceptors (Lipinski definition) is 5. The number of ether oxygens (including phenoxy) is 1. The number of anilines is 2. The number of alkyl halides is 2. The van der Waals surface area contributed by atoms with Crippen LogP contribution in [-0.4, -0.2) is 42.2 Å². The largest absolute Gasteiger partial charge is 0.466 e. The van der Waals surface area contributed by atoms with E-state index in [2.05, 4.69) is 5.32 Å². The molecule has 2 aromatic rings. The predicted octanol–water partition coefficient (Wildman–Crippen LogP) is 5.16. The Kier molecular flexibility index (Phi) is 7.68. The summed E-state index contributed by atoms with van der Waals surface area (Å²) in [7, 11) is 0. The molecule has 2 aromatic carbocycles. The lowest BCUT2D eigenvalue weighted by atomic mass is 9.96. The van der Waals surface area contributed by atoms with Gasteiger partial charge in [-0.3, -0.25) is 9.59 Å². The fourth-order valence-corrected chi connectivity index (χ4v) is 3.90. The van der Waals surface area contributed by atoms with Crippen LogP contribution in [0.4, 0.5) is 20.2 Å². The first-order valence-corrected chi connectivity index (χ1v) is 10.7. The second-order valence-electron chi connectivity index (χ2n) is 6.89. The van der Waals surface area contributed by atoms with Crippen LogP contribution in [0, 0.1) is 5.92 Å². The average molecular weight is 435 g/mol. The summed E-state index contributed by atoms with van der Waals surface area (Å²) in [4.78, 5) is 27.2. The highest BCUT2D eigenvalue weighted by Gasteiger charge is 2.29. The molecular weight excluding hydrogens is 410 g/mol. The molecule has 3 rings (SSSR count). The molecule has 1 heterocycles. The van der Waals surface area contributed by atoms with Crippen LogP contribution in [0.25, 0.3) is 0 Å². The predicted molar refractivity (Wildman–Crippen MR) is 113 cm³/mol. The third-order valence-corrected chi connectivity index (χ3v) is 5.64. The summed E-state index contributed by atoms with van der Waals surface area (Å²) in [6, 6.07) is 13.8. The van der Waals surface area contributed by atoms with Gasteiger partial charge >= 0.3 is 5.97 Å². The summed E-state index contributed by atoms with van der Waals surface area (Å²) < 4.78 is 30.0. The van der Waals surface area contributed by atoms with Gasteiger partial charge in [0, 0.05) is 23.7 Å². The lowest BCUT2D eigenvalue weighted by Crippen LogP contribution is -2.40. The number of piperidine rings is 1. The summed E-state index contributed by atoms with van der Waals surface area (Å²) in [6.07, 6.45) is 1.17. The van der Waals surface area contributed by atoms with Crippen molar-refractivity contribution in [1.29, 1.82) is 0 Å². The molecule has 1 saturated heterocycles. The molecule has 0 spiro atoms. The molecule has 8 heteroatoms. The first-order valence-electron chi connectivity index (χ1n) is 9.84. The molecule has 0 atom stereocenters. The molecule has 1 N–H and O–H groups in total. The van der Waals surface area contributed by atoms with Gasteiger partial charge in [0.15, 0.2) is 0 Å². The van der Waals surface area contributed by atoms with E-state index in [9.17, 15) is 18.4 Å². The number of benzene rings is 2. The third-order valence-electron chi connectivity index (χ3n) is 4.92. The molecule has 0 radical (unpaired) electrons. The zero-order valence-corrected chi connectivity index (χ0v) is 17.5. The van der Waals surface area contributed by atoms with E-state index in [1.807, 2.05) is 6.07 Å². The van der Waals surface area contributed by atoms with Crippen molar-refractivity contribution in [3.05, 3.63) is 54.1 Å². The van der Waals surface area contributed by atoms with E-state index in [-0.39, 0.29) is 17.8 Å². The zero-order valence-electron chi connectivity index (χ0n) is 16.6. The van der Waals surface area contributed by atoms with Crippen LogP contribution in [0.2, 0.25) is 0 Å². The van der Waals surface area contributed by atoms with Crippen molar-refractivity contribution in [2.24, 2.45) is 5.92 Å². The standard InChI is InChI=1S/C22H24F2N2O3S/c1-2-29-21(28)15-11-13-26(14-12-15)20(27)18-5-3-4-6-19(18)25-16-7-9-17(10-8-16)30-22(23)24/h3-10,15,22,25H,2,11-14H2,1H3. The minimum Gasteiger partial charge on any atom is -0.466 e. The Balaban J connectivity index is 1.66. The molecule has 0 aliphatic carbocycles. The zero-order chi connectivity index (χ0) is 21.5. The van der Waals surface area contributed by atoms with Gasteiger partial charge in [0.25, 0.3) is 11.7 Å². The van der Waals surface area contributed by atoms with Crippen LogP contribution in [0.15, 0.2) is 53.4 Å². The van der Waals surface area contributed by atoms with E-state index >= 15 is 0 Å². The van der Waals surface area contributed by atoms with Gasteiger partial charge in [0.2, 0.25) is 0 Å². The van der Waals surface area contributed by atoms with Crippen molar-refractivity contribution < 1.29 is 23.1 Å². The molecule has 1 amide bonds. The first kappa shape index (κ1) is 22.1. The Morgan fingerprint density at radius 1 is 1.13 bits per heavy atom. The normalized spacial score (nSPS) is 14.6. The second kappa shape index (κ2) is 10.4. The topological polar surface area (TPSA) is 58.6 Å². The molecule has 0 saturated carbocycles.